The van der Waals surface area contributed by atoms with Crippen LogP contribution in [0.1, 0.15) is 62.3 Å². The molecule has 0 spiro atoms. The summed E-state index contributed by atoms with van der Waals surface area (Å²) in [6.45, 7) is 29.5. The molecule has 0 saturated carbocycles. The summed E-state index contributed by atoms with van der Waals surface area (Å²) in [5.41, 5.74) is -0.0515. The van der Waals surface area contributed by atoms with E-state index in [2.05, 4.69) is 16.0 Å². The minimum Gasteiger partial charge on any atom is -0.653 e. The molecule has 6 nitrogen and oxygen atoms in total. The zero-order chi connectivity index (χ0) is 25.1. The molecular formula is C21H46LaN3O3Si3-2. The monoisotopic (exact) mass is 611 g/mol. The number of rotatable bonds is 3. The zero-order valence-corrected chi connectivity index (χ0v) is 29.3. The van der Waals surface area contributed by atoms with Gasteiger partial charge in [-0.25, -0.2) is 0 Å². The van der Waals surface area contributed by atoms with Crippen molar-refractivity contribution < 1.29 is 50.0 Å². The molecule has 3 amide bonds. The minimum absolute atomic E-state index is 0. The SMILES string of the molecule is C[Si](C)C(=O)NC(C)(C)C.C[Si](C)C(=O)[N-]C(C)(C)C.C[Si](C)C(=O)[N-]C(C)(C)C.[La]. The van der Waals surface area contributed by atoms with Crippen molar-refractivity contribution in [1.82, 2.24) is 5.32 Å². The number of hydrogen-bond donors (Lipinski definition) is 1. The summed E-state index contributed by atoms with van der Waals surface area (Å²) in [7, 11) is -2.50. The molecule has 0 unspecified atom stereocenters. The average Bonchev–Trinajstić information content (AvgIpc) is 2.42. The molecule has 0 heterocycles. The average molecular weight is 612 g/mol. The van der Waals surface area contributed by atoms with Gasteiger partial charge in [0.05, 0.1) is 0 Å². The minimum atomic E-state index is -0.851. The quantitative estimate of drug-likeness (QED) is 0.347. The van der Waals surface area contributed by atoms with Crippen LogP contribution in [0.2, 0.25) is 39.3 Å². The van der Waals surface area contributed by atoms with Crippen LogP contribution in [0.4, 0.5) is 14.4 Å². The molecule has 0 fully saturated rings. The maximum Gasteiger partial charge on any atom is 0.190 e. The first kappa shape index (κ1) is 38.5. The fourth-order valence-corrected chi connectivity index (χ4v) is 3.04. The van der Waals surface area contributed by atoms with E-state index in [0.29, 0.717) is 0 Å². The van der Waals surface area contributed by atoms with Crippen molar-refractivity contribution in [3.8, 4) is 0 Å². The van der Waals surface area contributed by atoms with E-state index >= 15 is 0 Å². The summed E-state index contributed by atoms with van der Waals surface area (Å²) < 4.78 is 0. The van der Waals surface area contributed by atoms with Gasteiger partial charge in [-0.1, -0.05) is 80.8 Å². The summed E-state index contributed by atoms with van der Waals surface area (Å²) in [6, 6.07) is 0. The fraction of sp³-hybridized carbons (Fsp3) is 0.857. The number of amides is 3. The van der Waals surface area contributed by atoms with Crippen LogP contribution in [0, 0.1) is 35.6 Å². The Morgan fingerprint density at radius 1 is 0.581 bits per heavy atom. The summed E-state index contributed by atoms with van der Waals surface area (Å²) in [5.74, 6) is 0. The third kappa shape index (κ3) is 32.5. The van der Waals surface area contributed by atoms with E-state index in [1.165, 1.54) is 0 Å². The van der Waals surface area contributed by atoms with Crippen molar-refractivity contribution in [2.75, 3.05) is 0 Å². The summed E-state index contributed by atoms with van der Waals surface area (Å²) in [6.07, 6.45) is 0. The molecule has 180 valence electrons. The summed E-state index contributed by atoms with van der Waals surface area (Å²) in [4.78, 5) is 33.2. The van der Waals surface area contributed by atoms with Gasteiger partial charge in [0, 0.05) is 52.2 Å². The number of carbonyl (C=O) groups excluding carboxylic acids is 3. The molecule has 4 radical (unpaired) electrons. The zero-order valence-electron chi connectivity index (χ0n) is 22.7. The second kappa shape index (κ2) is 16.8. The third-order valence-electron chi connectivity index (χ3n) is 2.67. The predicted octanol–water partition coefficient (Wildman–Crippen LogP) is 7.06. The van der Waals surface area contributed by atoms with Gasteiger partial charge in [-0.15, -0.1) is 11.1 Å². The molecule has 0 rings (SSSR count). The van der Waals surface area contributed by atoms with Crippen LogP contribution in [0.3, 0.4) is 0 Å². The van der Waals surface area contributed by atoms with Crippen LogP contribution in [0.25, 0.3) is 10.6 Å². The topological polar surface area (TPSA) is 91.4 Å². The Morgan fingerprint density at radius 3 is 0.903 bits per heavy atom. The van der Waals surface area contributed by atoms with Gasteiger partial charge in [-0.3, -0.25) is 4.79 Å². The summed E-state index contributed by atoms with van der Waals surface area (Å²) in [5, 5.41) is 11.0. The van der Waals surface area contributed by atoms with Gasteiger partial charge in [-0.05, 0) is 20.8 Å². The molecule has 0 aromatic rings. The van der Waals surface area contributed by atoms with Crippen molar-refractivity contribution in [3.05, 3.63) is 10.6 Å². The van der Waals surface area contributed by atoms with E-state index < -0.39 is 26.4 Å². The first-order valence-electron chi connectivity index (χ1n) is 10.3. The van der Waals surface area contributed by atoms with E-state index in [4.69, 9.17) is 0 Å². The van der Waals surface area contributed by atoms with E-state index in [9.17, 15) is 14.4 Å². The van der Waals surface area contributed by atoms with Crippen LogP contribution in [-0.2, 0) is 0 Å². The van der Waals surface area contributed by atoms with Gasteiger partial charge in [0.15, 0.2) is 14.3 Å². The Balaban J connectivity index is -0.000000174. The number of hydrogen-bond acceptors (Lipinski definition) is 3. The normalized spacial score (nSPS) is 11.4. The van der Waals surface area contributed by atoms with Crippen LogP contribution in [-0.4, -0.2) is 59.6 Å². The van der Waals surface area contributed by atoms with E-state index in [0.717, 1.165) is 0 Å². The number of carbonyl (C=O) groups is 3. The van der Waals surface area contributed by atoms with E-state index in [-0.39, 0.29) is 68.8 Å². The van der Waals surface area contributed by atoms with Crippen molar-refractivity contribution in [2.24, 2.45) is 0 Å². The largest absolute Gasteiger partial charge is 0.653 e. The number of nitrogens with zero attached hydrogens (tertiary/aromatic N) is 2. The van der Waals surface area contributed by atoms with Gasteiger partial charge >= 0.3 is 0 Å². The van der Waals surface area contributed by atoms with Gasteiger partial charge < -0.3 is 25.5 Å². The Bertz CT molecular complexity index is 461. The molecule has 0 atom stereocenters. The van der Waals surface area contributed by atoms with Crippen molar-refractivity contribution in [3.63, 3.8) is 0 Å². The Hall–Kier alpha value is 0.255. The molecule has 10 heteroatoms. The second-order valence-electron chi connectivity index (χ2n) is 10.9. The molecule has 0 bridgehead atoms. The molecule has 31 heavy (non-hydrogen) atoms. The molecule has 0 aliphatic heterocycles. The van der Waals surface area contributed by atoms with Gasteiger partial charge in [-0.2, -0.15) is 0 Å². The molecule has 0 aromatic carbocycles. The second-order valence-corrected chi connectivity index (χ2v) is 18.2. The molecule has 0 saturated heterocycles. The Labute approximate surface area is 225 Å². The predicted molar refractivity (Wildman–Crippen MR) is 138 cm³/mol. The molecule has 1 N–H and O–H groups in total. The fourth-order valence-electron chi connectivity index (χ4n) is 1.30. The van der Waals surface area contributed by atoms with Gasteiger partial charge in [0.1, 0.15) is 17.6 Å². The Morgan fingerprint density at radius 2 is 0.839 bits per heavy atom. The van der Waals surface area contributed by atoms with Gasteiger partial charge in [0.2, 0.25) is 0 Å². The maximum absolute atomic E-state index is 11.1. The standard InChI is InChI=1S/3C7H16NOSi.La/c3*1-7(2,3)8-6(9)10(4)5;/h3*1-5H3,(H,8,9);/p-2. The molecule has 0 aliphatic carbocycles. The van der Waals surface area contributed by atoms with Gasteiger partial charge in [0.25, 0.3) is 0 Å². The third-order valence-corrected chi connectivity index (χ3v) is 5.64. The van der Waals surface area contributed by atoms with Crippen molar-refractivity contribution in [1.29, 1.82) is 0 Å². The smallest absolute Gasteiger partial charge is 0.190 e. The van der Waals surface area contributed by atoms with Crippen LogP contribution >= 0.6 is 0 Å². The van der Waals surface area contributed by atoms with E-state index in [1.54, 1.807) is 0 Å². The van der Waals surface area contributed by atoms with Crippen LogP contribution in [0.5, 0.6) is 0 Å². The molecule has 0 aliphatic rings. The van der Waals surface area contributed by atoms with E-state index in [1.807, 2.05) is 102 Å². The van der Waals surface area contributed by atoms with Crippen LogP contribution in [0.15, 0.2) is 0 Å². The van der Waals surface area contributed by atoms with Crippen LogP contribution < -0.4 is 5.32 Å². The molecular weight excluding hydrogens is 565 g/mol. The van der Waals surface area contributed by atoms with Crippen molar-refractivity contribution in [2.45, 2.75) is 118 Å². The first-order chi connectivity index (χ1) is 13.0. The Kier molecular flexibility index (Phi) is 20.9. The van der Waals surface area contributed by atoms with Crippen molar-refractivity contribution >= 4 is 43.0 Å². The molecule has 0 aromatic heterocycles. The maximum atomic E-state index is 11.1. The summed E-state index contributed by atoms with van der Waals surface area (Å²) >= 11 is 0. The number of nitrogens with one attached hydrogen (secondary N) is 1. The first-order valence-corrected chi connectivity index (χ1v) is 17.8.